The Bertz CT molecular complexity index is 2090. The fourth-order valence-corrected chi connectivity index (χ4v) is 36.8. The van der Waals surface area contributed by atoms with E-state index in [4.69, 9.17) is 9.95 Å². The van der Waals surface area contributed by atoms with Crippen molar-refractivity contribution < 1.29 is 0 Å². The van der Waals surface area contributed by atoms with Crippen molar-refractivity contribution in [2.24, 2.45) is 0 Å². The van der Waals surface area contributed by atoms with Gasteiger partial charge in [-0.2, -0.15) is 0 Å². The van der Waals surface area contributed by atoms with Gasteiger partial charge in [-0.05, 0) is 0 Å². The normalized spacial score (nSPS) is 12.7. The van der Waals surface area contributed by atoms with Crippen molar-refractivity contribution in [3.8, 4) is 5.40 Å². The number of nitriles is 1. The standard InChI is InChI=1S/C25H20AsNS.C24H20AsCl/c27-21-28-26(22-13-5-1-6-14-22,23-15-7-2-8-16-23,24-17-9-3-10-18-24)25-19-11-4-12-20-25;26-25(21-13-5-1-6-14-21,22-15-7-2-8-16-22,23-17-9-3-10-18-23)24-19-11-4-12-20-24/h1-20H;1-20H. The van der Waals surface area contributed by atoms with Crippen molar-refractivity contribution in [3.05, 3.63) is 243 Å². The van der Waals surface area contributed by atoms with Crippen LogP contribution in [0, 0.1) is 10.7 Å². The van der Waals surface area contributed by atoms with Crippen molar-refractivity contribution in [2.45, 2.75) is 0 Å². The van der Waals surface area contributed by atoms with E-state index in [1.807, 2.05) is 24.3 Å². The summed E-state index contributed by atoms with van der Waals surface area (Å²) >= 11 is -8.17. The van der Waals surface area contributed by atoms with Gasteiger partial charge in [-0.3, -0.25) is 0 Å². The Morgan fingerprint density at radius 1 is 0.296 bits per heavy atom. The van der Waals surface area contributed by atoms with Gasteiger partial charge in [-0.15, -0.1) is 0 Å². The molecule has 0 aliphatic carbocycles. The average Bonchev–Trinajstić information content (AvgIpc) is 3.28. The van der Waals surface area contributed by atoms with Crippen LogP contribution in [-0.4, -0.2) is 22.8 Å². The number of nitrogens with zero attached hydrogens (tertiary/aromatic N) is 1. The first kappa shape index (κ1) is 37.3. The topological polar surface area (TPSA) is 23.8 Å². The second-order valence-electron chi connectivity index (χ2n) is 12.9. The molecule has 0 spiro atoms. The van der Waals surface area contributed by atoms with Crippen molar-refractivity contribution in [1.29, 1.82) is 5.26 Å². The van der Waals surface area contributed by atoms with Crippen LogP contribution in [0.25, 0.3) is 0 Å². The molecule has 0 aromatic heterocycles. The number of thiocyanates is 1. The second kappa shape index (κ2) is 16.2. The predicted octanol–water partition coefficient (Wildman–Crippen LogP) is 7.48. The molecule has 5 heteroatoms. The van der Waals surface area contributed by atoms with E-state index in [1.165, 1.54) is 44.8 Å². The molecule has 0 saturated heterocycles. The maximum atomic E-state index is 10.2. The van der Waals surface area contributed by atoms with E-state index in [0.29, 0.717) is 0 Å². The van der Waals surface area contributed by atoms with Crippen LogP contribution in [0.1, 0.15) is 0 Å². The van der Waals surface area contributed by atoms with Crippen LogP contribution in [0.15, 0.2) is 243 Å². The molecular formula is C49H40As2ClNS. The number of hydrogen-bond acceptors (Lipinski definition) is 2. The number of rotatable bonds is 9. The van der Waals surface area contributed by atoms with Crippen LogP contribution < -0.4 is 34.8 Å². The van der Waals surface area contributed by atoms with Gasteiger partial charge < -0.3 is 0 Å². The Morgan fingerprint density at radius 2 is 0.463 bits per heavy atom. The molecule has 0 unspecified atom stereocenters. The van der Waals surface area contributed by atoms with Crippen molar-refractivity contribution in [3.63, 3.8) is 0 Å². The second-order valence-corrected chi connectivity index (χ2v) is 39.0. The number of halogens is 1. The van der Waals surface area contributed by atoms with Gasteiger partial charge in [0.15, 0.2) is 0 Å². The summed E-state index contributed by atoms with van der Waals surface area (Å²) in [6.07, 6.45) is 0. The summed E-state index contributed by atoms with van der Waals surface area (Å²) in [6, 6.07) is 84.8. The third-order valence-corrected chi connectivity index (χ3v) is 43.3. The number of benzene rings is 8. The van der Waals surface area contributed by atoms with E-state index >= 15 is 0 Å². The van der Waals surface area contributed by atoms with Crippen molar-refractivity contribution in [1.82, 2.24) is 0 Å². The summed E-state index contributed by atoms with van der Waals surface area (Å²) in [6.45, 7) is 0. The van der Waals surface area contributed by atoms with E-state index in [2.05, 4.69) is 224 Å². The molecule has 8 aromatic carbocycles. The summed E-state index contributed by atoms with van der Waals surface area (Å²) in [5.41, 5.74) is 0. The molecule has 0 bridgehead atoms. The minimum atomic E-state index is -4.09. The average molecular weight is 860 g/mol. The summed E-state index contributed by atoms with van der Waals surface area (Å²) in [5, 5.41) is 12.7. The molecule has 8 rings (SSSR count). The summed E-state index contributed by atoms with van der Waals surface area (Å²) in [7, 11) is 9.55. The third kappa shape index (κ3) is 6.07. The zero-order valence-corrected chi connectivity index (χ0v) is 35.0. The third-order valence-electron chi connectivity index (χ3n) is 10.2. The van der Waals surface area contributed by atoms with Crippen LogP contribution in [0.5, 0.6) is 0 Å². The molecule has 0 aliphatic rings. The Labute approximate surface area is 328 Å². The predicted molar refractivity (Wildman–Crippen MR) is 239 cm³/mol. The van der Waals surface area contributed by atoms with E-state index in [9.17, 15) is 5.26 Å². The Kier molecular flexibility index (Phi) is 11.2. The van der Waals surface area contributed by atoms with Crippen LogP contribution in [-0.2, 0) is 0 Å². The van der Waals surface area contributed by atoms with E-state index in [1.54, 1.807) is 0 Å². The van der Waals surface area contributed by atoms with Gasteiger partial charge >= 0.3 is 331 Å². The van der Waals surface area contributed by atoms with Gasteiger partial charge in [-0.25, -0.2) is 0 Å². The Morgan fingerprint density at radius 3 is 0.630 bits per heavy atom. The molecule has 1 nitrogen and oxygen atoms in total. The molecule has 0 atom stereocenters. The van der Waals surface area contributed by atoms with Crippen LogP contribution in [0.4, 0.5) is 0 Å². The molecule has 264 valence electrons. The van der Waals surface area contributed by atoms with Gasteiger partial charge in [0.05, 0.1) is 0 Å². The number of hydrogen-bond donors (Lipinski definition) is 0. The van der Waals surface area contributed by atoms with Gasteiger partial charge in [-0.1, -0.05) is 0 Å². The molecule has 0 aliphatic heterocycles. The first-order valence-corrected chi connectivity index (χ1v) is 30.9. The molecule has 0 fully saturated rings. The van der Waals surface area contributed by atoms with Gasteiger partial charge in [0.1, 0.15) is 0 Å². The Balaban J connectivity index is 0.000000167. The van der Waals surface area contributed by atoms with Gasteiger partial charge in [0.2, 0.25) is 0 Å². The van der Waals surface area contributed by atoms with E-state index in [-0.39, 0.29) is 0 Å². The molecule has 0 amide bonds. The molecule has 8 aromatic rings. The van der Waals surface area contributed by atoms with Crippen LogP contribution >= 0.6 is 20.0 Å². The zero-order chi connectivity index (χ0) is 37.2. The molecule has 0 heterocycles. The first-order chi connectivity index (χ1) is 26.6. The summed E-state index contributed by atoms with van der Waals surface area (Å²) in [5.74, 6) is 0. The zero-order valence-electron chi connectivity index (χ0n) is 29.7. The van der Waals surface area contributed by atoms with Crippen molar-refractivity contribution in [2.75, 3.05) is 0 Å². The SMILES string of the molecule is Cl[As](c1ccccc1)(c1ccccc1)(c1ccccc1)c1ccccc1.N#CS[As](c1ccccc1)(c1ccccc1)(c1ccccc1)c1ccccc1. The molecule has 0 saturated carbocycles. The molecular weight excluding hydrogens is 820 g/mol. The summed E-state index contributed by atoms with van der Waals surface area (Å²) in [4.78, 5) is 0. The molecule has 0 radical (unpaired) electrons. The van der Waals surface area contributed by atoms with Crippen molar-refractivity contribution >= 4 is 77.6 Å². The minimum absolute atomic E-state index is 1.20. The quantitative estimate of drug-likeness (QED) is 0.111. The van der Waals surface area contributed by atoms with Gasteiger partial charge in [0.25, 0.3) is 0 Å². The van der Waals surface area contributed by atoms with Crippen LogP contribution in [0.2, 0.25) is 0 Å². The molecule has 54 heavy (non-hydrogen) atoms. The fourth-order valence-electron chi connectivity index (χ4n) is 7.76. The van der Waals surface area contributed by atoms with E-state index < -0.39 is 22.8 Å². The fraction of sp³-hybridized carbons (Fsp3) is 0. The van der Waals surface area contributed by atoms with Crippen LogP contribution in [0.3, 0.4) is 0 Å². The monoisotopic (exact) mass is 859 g/mol. The summed E-state index contributed by atoms with van der Waals surface area (Å²) < 4.78 is 9.75. The first-order valence-electron chi connectivity index (χ1n) is 17.9. The Hall–Kier alpha value is -4.99. The van der Waals surface area contributed by atoms with Gasteiger partial charge in [0, 0.05) is 0 Å². The van der Waals surface area contributed by atoms with E-state index in [0.717, 1.165) is 0 Å². The molecule has 0 N–H and O–H groups in total. The maximum absolute atomic E-state index is 10.2.